The summed E-state index contributed by atoms with van der Waals surface area (Å²) in [6, 6.07) is 1.97. The number of hydrogen-bond donors (Lipinski definition) is 1. The maximum atomic E-state index is 5.68. The number of fused-ring (bicyclic) bond motifs is 1. The van der Waals surface area contributed by atoms with Crippen molar-refractivity contribution < 1.29 is 0 Å². The van der Waals surface area contributed by atoms with Crippen LogP contribution in [0, 0.1) is 0 Å². The number of pyridine rings is 1. The van der Waals surface area contributed by atoms with Crippen LogP contribution >= 0.6 is 24.8 Å². The average molecular weight is 251 g/mol. The Bertz CT molecular complexity index is 332. The molecule has 1 aliphatic heterocycles. The standard InChI is InChI=1S/C9H14N4.2ClH/c1-12-3-4-13(2)9-8(12)5-7(10)6-11-9;;/h5-6H,3-4,10H2,1-2H3;2*1H. The number of aromatic nitrogens is 1. The molecular formula is C9H16Cl2N4. The van der Waals surface area contributed by atoms with E-state index in [1.54, 1.807) is 6.20 Å². The van der Waals surface area contributed by atoms with Crippen LogP contribution in [0.4, 0.5) is 17.2 Å². The third-order valence-electron chi connectivity index (χ3n) is 2.41. The van der Waals surface area contributed by atoms with Crippen molar-refractivity contribution in [2.45, 2.75) is 0 Å². The predicted octanol–water partition coefficient (Wildman–Crippen LogP) is 1.39. The van der Waals surface area contributed by atoms with E-state index in [4.69, 9.17) is 5.73 Å². The summed E-state index contributed by atoms with van der Waals surface area (Å²) in [6.07, 6.45) is 1.70. The van der Waals surface area contributed by atoms with E-state index >= 15 is 0 Å². The molecule has 0 saturated carbocycles. The van der Waals surface area contributed by atoms with Crippen molar-refractivity contribution in [3.05, 3.63) is 12.3 Å². The minimum absolute atomic E-state index is 0. The van der Waals surface area contributed by atoms with E-state index in [2.05, 4.69) is 28.9 Å². The fourth-order valence-corrected chi connectivity index (χ4v) is 1.56. The van der Waals surface area contributed by atoms with Gasteiger partial charge in [0.05, 0.1) is 17.6 Å². The highest BCUT2D eigenvalue weighted by Gasteiger charge is 2.18. The van der Waals surface area contributed by atoms with Crippen LogP contribution in [0.1, 0.15) is 0 Å². The maximum Gasteiger partial charge on any atom is 0.152 e. The molecule has 2 N–H and O–H groups in total. The zero-order valence-electron chi connectivity index (χ0n) is 8.80. The van der Waals surface area contributed by atoms with Crippen molar-refractivity contribution in [2.75, 3.05) is 42.7 Å². The molecule has 0 spiro atoms. The van der Waals surface area contributed by atoms with Crippen LogP contribution < -0.4 is 15.5 Å². The molecular weight excluding hydrogens is 235 g/mol. The van der Waals surface area contributed by atoms with Crippen LogP contribution in [0.2, 0.25) is 0 Å². The molecule has 0 aliphatic carbocycles. The molecule has 1 aliphatic rings. The summed E-state index contributed by atoms with van der Waals surface area (Å²) in [6.45, 7) is 2.04. The second-order valence-electron chi connectivity index (χ2n) is 3.45. The van der Waals surface area contributed by atoms with Crippen LogP contribution in [-0.2, 0) is 0 Å². The zero-order valence-corrected chi connectivity index (χ0v) is 10.4. The highest BCUT2D eigenvalue weighted by molar-refractivity contribution is 5.85. The van der Waals surface area contributed by atoms with E-state index in [-0.39, 0.29) is 24.8 Å². The lowest BCUT2D eigenvalue weighted by Crippen LogP contribution is -2.37. The van der Waals surface area contributed by atoms with Gasteiger partial charge in [0.15, 0.2) is 5.82 Å². The third-order valence-corrected chi connectivity index (χ3v) is 2.41. The van der Waals surface area contributed by atoms with Crippen molar-refractivity contribution in [2.24, 2.45) is 0 Å². The van der Waals surface area contributed by atoms with Crippen LogP contribution in [0.5, 0.6) is 0 Å². The van der Waals surface area contributed by atoms with Crippen LogP contribution in [-0.4, -0.2) is 32.2 Å². The van der Waals surface area contributed by atoms with Crippen molar-refractivity contribution >= 4 is 42.0 Å². The van der Waals surface area contributed by atoms with Crippen LogP contribution in [0.3, 0.4) is 0 Å². The smallest absolute Gasteiger partial charge is 0.152 e. The Morgan fingerprint density at radius 1 is 1.20 bits per heavy atom. The quantitative estimate of drug-likeness (QED) is 0.757. The van der Waals surface area contributed by atoms with E-state index in [0.717, 1.165) is 30.3 Å². The Kier molecular flexibility index (Phi) is 4.97. The van der Waals surface area contributed by atoms with Gasteiger partial charge in [-0.3, -0.25) is 0 Å². The lowest BCUT2D eigenvalue weighted by molar-refractivity contribution is 0.783. The van der Waals surface area contributed by atoms with E-state index in [1.807, 2.05) is 6.07 Å². The predicted molar refractivity (Wildman–Crippen MR) is 69.7 cm³/mol. The summed E-state index contributed by atoms with van der Waals surface area (Å²) >= 11 is 0. The molecule has 0 aromatic carbocycles. The van der Waals surface area contributed by atoms with Gasteiger partial charge in [-0.05, 0) is 6.07 Å². The van der Waals surface area contributed by atoms with Crippen LogP contribution in [0.15, 0.2) is 12.3 Å². The molecule has 4 nitrogen and oxygen atoms in total. The normalized spacial score (nSPS) is 13.7. The summed E-state index contributed by atoms with van der Waals surface area (Å²) in [7, 11) is 4.11. The Balaban J connectivity index is 0.000000980. The molecule has 6 heteroatoms. The van der Waals surface area contributed by atoms with E-state index in [9.17, 15) is 0 Å². The molecule has 2 heterocycles. The number of nitrogens with zero attached hydrogens (tertiary/aromatic N) is 3. The van der Waals surface area contributed by atoms with Gasteiger partial charge in [-0.25, -0.2) is 4.98 Å². The first-order valence-corrected chi connectivity index (χ1v) is 4.36. The summed E-state index contributed by atoms with van der Waals surface area (Å²) in [5.74, 6) is 1.02. The molecule has 0 radical (unpaired) electrons. The lowest BCUT2D eigenvalue weighted by atomic mass is 10.2. The topological polar surface area (TPSA) is 45.4 Å². The maximum absolute atomic E-state index is 5.68. The first kappa shape index (κ1) is 14.1. The fourth-order valence-electron chi connectivity index (χ4n) is 1.56. The fraction of sp³-hybridized carbons (Fsp3) is 0.444. The number of halogens is 2. The van der Waals surface area contributed by atoms with Crippen molar-refractivity contribution in [3.63, 3.8) is 0 Å². The van der Waals surface area contributed by atoms with Crippen LogP contribution in [0.25, 0.3) is 0 Å². The van der Waals surface area contributed by atoms with Gasteiger partial charge in [0.1, 0.15) is 0 Å². The molecule has 0 atom stereocenters. The summed E-state index contributed by atoms with van der Waals surface area (Å²) in [4.78, 5) is 8.64. The van der Waals surface area contributed by atoms with Gasteiger partial charge in [0.2, 0.25) is 0 Å². The summed E-state index contributed by atoms with van der Waals surface area (Å²) < 4.78 is 0. The number of likely N-dealkylation sites (N-methyl/N-ethyl adjacent to an activating group) is 2. The molecule has 0 amide bonds. The number of hydrogen-bond acceptors (Lipinski definition) is 4. The summed E-state index contributed by atoms with van der Waals surface area (Å²) in [5, 5.41) is 0. The van der Waals surface area contributed by atoms with E-state index in [0.29, 0.717) is 0 Å². The molecule has 0 fully saturated rings. The Hall–Kier alpha value is -0.870. The minimum Gasteiger partial charge on any atom is -0.397 e. The number of nitrogens with two attached hydrogens (primary N) is 1. The first-order chi connectivity index (χ1) is 6.18. The van der Waals surface area contributed by atoms with Gasteiger partial charge in [0.25, 0.3) is 0 Å². The molecule has 0 saturated heterocycles. The van der Waals surface area contributed by atoms with Gasteiger partial charge < -0.3 is 15.5 Å². The van der Waals surface area contributed by atoms with Gasteiger partial charge in [-0.1, -0.05) is 0 Å². The summed E-state index contributed by atoms with van der Waals surface area (Å²) in [5.41, 5.74) is 7.52. The monoisotopic (exact) mass is 250 g/mol. The first-order valence-electron chi connectivity index (χ1n) is 4.36. The SMILES string of the molecule is CN1CCN(C)c2ncc(N)cc21.Cl.Cl. The van der Waals surface area contributed by atoms with E-state index in [1.165, 1.54) is 0 Å². The third kappa shape index (κ3) is 2.58. The van der Waals surface area contributed by atoms with E-state index < -0.39 is 0 Å². The zero-order chi connectivity index (χ0) is 9.42. The number of anilines is 3. The Morgan fingerprint density at radius 2 is 1.80 bits per heavy atom. The highest BCUT2D eigenvalue weighted by Crippen LogP contribution is 2.30. The molecule has 0 unspecified atom stereocenters. The van der Waals surface area contributed by atoms with Gasteiger partial charge in [-0.2, -0.15) is 0 Å². The molecule has 15 heavy (non-hydrogen) atoms. The minimum atomic E-state index is 0. The van der Waals surface area contributed by atoms with Crippen molar-refractivity contribution in [1.82, 2.24) is 4.98 Å². The molecule has 1 aromatic rings. The Morgan fingerprint density at radius 3 is 2.47 bits per heavy atom. The number of nitrogen functional groups attached to an aromatic ring is 1. The number of rotatable bonds is 0. The second kappa shape index (κ2) is 5.28. The van der Waals surface area contributed by atoms with Crippen molar-refractivity contribution in [3.8, 4) is 0 Å². The molecule has 86 valence electrons. The van der Waals surface area contributed by atoms with Gasteiger partial charge in [0, 0.05) is 27.2 Å². The van der Waals surface area contributed by atoms with Crippen molar-refractivity contribution in [1.29, 1.82) is 0 Å². The second-order valence-corrected chi connectivity index (χ2v) is 3.45. The Labute approximate surface area is 102 Å². The lowest BCUT2D eigenvalue weighted by Gasteiger charge is -2.33. The molecule has 1 aromatic heterocycles. The molecule has 0 bridgehead atoms. The largest absolute Gasteiger partial charge is 0.397 e. The average Bonchev–Trinajstić information content (AvgIpc) is 2.12. The highest BCUT2D eigenvalue weighted by atomic mass is 35.5. The van der Waals surface area contributed by atoms with Gasteiger partial charge >= 0.3 is 0 Å². The van der Waals surface area contributed by atoms with Gasteiger partial charge in [-0.15, -0.1) is 24.8 Å². The molecule has 2 rings (SSSR count).